The molecule has 2 amide bonds. The highest BCUT2D eigenvalue weighted by Gasteiger charge is 2.03. The highest BCUT2D eigenvalue weighted by atomic mass is 16.2. The van der Waals surface area contributed by atoms with Gasteiger partial charge < -0.3 is 15.2 Å². The number of pyridine rings is 1. The molecule has 0 fully saturated rings. The minimum atomic E-state index is -0.292. The molecule has 110 valence electrons. The molecule has 2 aromatic heterocycles. The van der Waals surface area contributed by atoms with E-state index in [1.807, 2.05) is 72.4 Å². The van der Waals surface area contributed by atoms with Crippen molar-refractivity contribution in [3.8, 4) is 5.69 Å². The standard InChI is InChI=1S/C17H16N4O/c1-13-4-5-15(12-18-13)20-17(22)19-14-6-8-16(9-7-14)21-10-2-3-11-21/h2-12H,1H3,(H2,19,20,22). The largest absolute Gasteiger partial charge is 0.324 e. The monoisotopic (exact) mass is 292 g/mol. The fourth-order valence-electron chi connectivity index (χ4n) is 2.06. The lowest BCUT2D eigenvalue weighted by atomic mass is 10.3. The molecule has 5 heteroatoms. The molecule has 2 heterocycles. The van der Waals surface area contributed by atoms with Gasteiger partial charge in [-0.3, -0.25) is 4.98 Å². The van der Waals surface area contributed by atoms with Gasteiger partial charge in [0.15, 0.2) is 0 Å². The van der Waals surface area contributed by atoms with Crippen LogP contribution in [0.3, 0.4) is 0 Å². The molecule has 0 unspecified atom stereocenters. The summed E-state index contributed by atoms with van der Waals surface area (Å²) in [6.45, 7) is 1.90. The first-order valence-electron chi connectivity index (χ1n) is 6.95. The van der Waals surface area contributed by atoms with Crippen LogP contribution in [0.5, 0.6) is 0 Å². The first-order valence-corrected chi connectivity index (χ1v) is 6.95. The molecule has 0 bridgehead atoms. The van der Waals surface area contributed by atoms with Gasteiger partial charge in [0, 0.05) is 29.5 Å². The molecule has 0 aliphatic heterocycles. The average Bonchev–Trinajstić information content (AvgIpc) is 3.05. The number of aromatic nitrogens is 2. The molecule has 0 saturated heterocycles. The van der Waals surface area contributed by atoms with Gasteiger partial charge in [0.2, 0.25) is 0 Å². The molecule has 0 aliphatic carbocycles. The Kier molecular flexibility index (Phi) is 3.87. The van der Waals surface area contributed by atoms with Gasteiger partial charge in [0.1, 0.15) is 0 Å². The Hall–Kier alpha value is -3.08. The van der Waals surface area contributed by atoms with E-state index in [2.05, 4.69) is 15.6 Å². The van der Waals surface area contributed by atoms with E-state index in [0.717, 1.165) is 17.1 Å². The van der Waals surface area contributed by atoms with Crippen LogP contribution < -0.4 is 10.6 Å². The van der Waals surface area contributed by atoms with Crippen molar-refractivity contribution in [3.05, 3.63) is 72.8 Å². The Morgan fingerprint density at radius 2 is 1.59 bits per heavy atom. The Morgan fingerprint density at radius 1 is 0.955 bits per heavy atom. The number of anilines is 2. The molecule has 0 atom stereocenters. The van der Waals surface area contributed by atoms with Gasteiger partial charge in [0.25, 0.3) is 0 Å². The number of rotatable bonds is 3. The molecule has 5 nitrogen and oxygen atoms in total. The highest BCUT2D eigenvalue weighted by molar-refractivity contribution is 5.99. The summed E-state index contributed by atoms with van der Waals surface area (Å²) < 4.78 is 2.00. The first-order chi connectivity index (χ1) is 10.7. The average molecular weight is 292 g/mol. The predicted octanol–water partition coefficient (Wildman–Crippen LogP) is 3.82. The van der Waals surface area contributed by atoms with E-state index in [0.29, 0.717) is 5.69 Å². The Bertz CT molecular complexity index is 746. The maximum atomic E-state index is 11.9. The van der Waals surface area contributed by atoms with Gasteiger partial charge in [0.05, 0.1) is 11.9 Å². The zero-order valence-corrected chi connectivity index (χ0v) is 12.2. The number of aryl methyl sites for hydroxylation is 1. The van der Waals surface area contributed by atoms with Gasteiger partial charge in [-0.05, 0) is 55.5 Å². The molecule has 1 aromatic carbocycles. The quantitative estimate of drug-likeness (QED) is 0.771. The molecule has 22 heavy (non-hydrogen) atoms. The third kappa shape index (κ3) is 3.32. The van der Waals surface area contributed by atoms with Crippen LogP contribution in [0, 0.1) is 6.92 Å². The minimum absolute atomic E-state index is 0.292. The summed E-state index contributed by atoms with van der Waals surface area (Å²) in [6, 6.07) is 14.9. The number of hydrogen-bond acceptors (Lipinski definition) is 2. The fraction of sp³-hybridized carbons (Fsp3) is 0.0588. The van der Waals surface area contributed by atoms with Crippen molar-refractivity contribution in [3.63, 3.8) is 0 Å². The molecule has 2 N–H and O–H groups in total. The lowest BCUT2D eigenvalue weighted by molar-refractivity contribution is 0.262. The summed E-state index contributed by atoms with van der Waals surface area (Å²) in [6.07, 6.45) is 5.57. The van der Waals surface area contributed by atoms with Gasteiger partial charge in [-0.15, -0.1) is 0 Å². The van der Waals surface area contributed by atoms with Crippen LogP contribution in [0.2, 0.25) is 0 Å². The number of nitrogens with zero attached hydrogens (tertiary/aromatic N) is 2. The molecular formula is C17H16N4O. The van der Waals surface area contributed by atoms with Gasteiger partial charge >= 0.3 is 6.03 Å². The minimum Gasteiger partial charge on any atom is -0.324 e. The number of nitrogens with one attached hydrogen (secondary N) is 2. The van der Waals surface area contributed by atoms with Crippen LogP contribution in [0.25, 0.3) is 5.69 Å². The second-order valence-corrected chi connectivity index (χ2v) is 4.90. The maximum absolute atomic E-state index is 11.9. The van der Waals surface area contributed by atoms with Gasteiger partial charge in [-0.1, -0.05) is 0 Å². The van der Waals surface area contributed by atoms with E-state index in [1.54, 1.807) is 6.20 Å². The lowest BCUT2D eigenvalue weighted by Crippen LogP contribution is -2.19. The maximum Gasteiger partial charge on any atom is 0.323 e. The van der Waals surface area contributed by atoms with Gasteiger partial charge in [-0.25, -0.2) is 4.79 Å². The highest BCUT2D eigenvalue weighted by Crippen LogP contribution is 2.14. The smallest absolute Gasteiger partial charge is 0.323 e. The van der Waals surface area contributed by atoms with Crippen molar-refractivity contribution in [1.82, 2.24) is 9.55 Å². The summed E-state index contributed by atoms with van der Waals surface area (Å²) in [5.74, 6) is 0. The Labute approximate surface area is 128 Å². The molecule has 3 aromatic rings. The van der Waals surface area contributed by atoms with Crippen LogP contribution >= 0.6 is 0 Å². The second kappa shape index (κ2) is 6.13. The summed E-state index contributed by atoms with van der Waals surface area (Å²) in [7, 11) is 0. The zero-order valence-electron chi connectivity index (χ0n) is 12.2. The second-order valence-electron chi connectivity index (χ2n) is 4.90. The third-order valence-electron chi connectivity index (χ3n) is 3.20. The number of carbonyl (C=O) groups excluding carboxylic acids is 1. The van der Waals surface area contributed by atoms with Crippen LogP contribution in [0.4, 0.5) is 16.2 Å². The molecule has 0 saturated carbocycles. The Morgan fingerprint density at radius 3 is 2.23 bits per heavy atom. The molecule has 3 rings (SSSR count). The van der Waals surface area contributed by atoms with E-state index >= 15 is 0 Å². The van der Waals surface area contributed by atoms with E-state index in [1.165, 1.54) is 0 Å². The van der Waals surface area contributed by atoms with Crippen molar-refractivity contribution in [2.75, 3.05) is 10.6 Å². The number of benzene rings is 1. The first kappa shape index (κ1) is 13.9. The summed E-state index contributed by atoms with van der Waals surface area (Å²) >= 11 is 0. The number of carbonyl (C=O) groups is 1. The number of amides is 2. The van der Waals surface area contributed by atoms with E-state index in [4.69, 9.17) is 0 Å². The van der Waals surface area contributed by atoms with Crippen LogP contribution in [0.1, 0.15) is 5.69 Å². The van der Waals surface area contributed by atoms with Crippen molar-refractivity contribution >= 4 is 17.4 Å². The fourth-order valence-corrected chi connectivity index (χ4v) is 2.06. The van der Waals surface area contributed by atoms with Crippen molar-refractivity contribution in [2.45, 2.75) is 6.92 Å². The topological polar surface area (TPSA) is 59.0 Å². The van der Waals surface area contributed by atoms with Crippen LogP contribution in [-0.4, -0.2) is 15.6 Å². The lowest BCUT2D eigenvalue weighted by Gasteiger charge is -2.09. The van der Waals surface area contributed by atoms with E-state index < -0.39 is 0 Å². The van der Waals surface area contributed by atoms with Crippen LogP contribution in [-0.2, 0) is 0 Å². The molecule has 0 aliphatic rings. The molecule has 0 radical (unpaired) electrons. The third-order valence-corrected chi connectivity index (χ3v) is 3.20. The van der Waals surface area contributed by atoms with Crippen LogP contribution in [0.15, 0.2) is 67.1 Å². The Balaban J connectivity index is 1.63. The molecular weight excluding hydrogens is 276 g/mol. The van der Waals surface area contributed by atoms with E-state index in [9.17, 15) is 4.79 Å². The normalized spacial score (nSPS) is 10.2. The SMILES string of the molecule is Cc1ccc(NC(=O)Nc2ccc(-n3cccc3)cc2)cn1. The van der Waals surface area contributed by atoms with Crippen molar-refractivity contribution < 1.29 is 4.79 Å². The van der Waals surface area contributed by atoms with Gasteiger partial charge in [-0.2, -0.15) is 0 Å². The predicted molar refractivity (Wildman–Crippen MR) is 87.4 cm³/mol. The number of urea groups is 1. The summed E-state index contributed by atoms with van der Waals surface area (Å²) in [4.78, 5) is 16.1. The summed E-state index contributed by atoms with van der Waals surface area (Å²) in [5, 5.41) is 5.53. The van der Waals surface area contributed by atoms with Crippen molar-refractivity contribution in [1.29, 1.82) is 0 Å². The summed E-state index contributed by atoms with van der Waals surface area (Å²) in [5.41, 5.74) is 3.34. The zero-order chi connectivity index (χ0) is 15.4. The molecule has 0 spiro atoms. The van der Waals surface area contributed by atoms with E-state index in [-0.39, 0.29) is 6.03 Å². The number of hydrogen-bond donors (Lipinski definition) is 2. The van der Waals surface area contributed by atoms with Crippen molar-refractivity contribution in [2.24, 2.45) is 0 Å².